The number of esters is 1. The Kier molecular flexibility index (Phi) is 6.51. The Morgan fingerprint density at radius 3 is 2.48 bits per heavy atom. The molecule has 29 heavy (non-hydrogen) atoms. The number of carbonyl (C=O) groups is 2. The number of para-hydroxylation sites is 1. The minimum absolute atomic E-state index is 0.306. The van der Waals surface area contributed by atoms with Crippen LogP contribution in [0.1, 0.15) is 27.4 Å². The Hall–Kier alpha value is -3.32. The topological polar surface area (TPSA) is 90.7 Å². The molecule has 150 valence electrons. The molecular formula is C21H19ClN2O5. The molecule has 2 aromatic carbocycles. The van der Waals surface area contributed by atoms with E-state index in [2.05, 4.69) is 10.5 Å². The number of halogens is 1. The van der Waals surface area contributed by atoms with Crippen LogP contribution in [-0.2, 0) is 16.1 Å². The first-order chi connectivity index (χ1) is 13.9. The number of hydrogen-bond acceptors (Lipinski definition) is 6. The van der Waals surface area contributed by atoms with Crippen molar-refractivity contribution < 1.29 is 23.6 Å². The number of ether oxygens (including phenoxy) is 2. The van der Waals surface area contributed by atoms with Crippen molar-refractivity contribution in [3.63, 3.8) is 0 Å². The number of rotatable bonds is 7. The van der Waals surface area contributed by atoms with Crippen LogP contribution in [-0.4, -0.2) is 23.6 Å². The van der Waals surface area contributed by atoms with Crippen LogP contribution in [0.5, 0.6) is 5.75 Å². The summed E-state index contributed by atoms with van der Waals surface area (Å²) in [7, 11) is 0. The quantitative estimate of drug-likeness (QED) is 0.579. The lowest BCUT2D eigenvalue weighted by Crippen LogP contribution is -2.21. The summed E-state index contributed by atoms with van der Waals surface area (Å²) in [5.74, 6) is 0.193. The maximum absolute atomic E-state index is 12.1. The summed E-state index contributed by atoms with van der Waals surface area (Å²) in [6.45, 7) is 3.55. The summed E-state index contributed by atoms with van der Waals surface area (Å²) < 4.78 is 15.8. The molecule has 0 radical (unpaired) electrons. The van der Waals surface area contributed by atoms with Crippen LogP contribution in [0.15, 0.2) is 53.1 Å². The summed E-state index contributed by atoms with van der Waals surface area (Å²) in [5.41, 5.74) is 2.42. The molecule has 0 atom stereocenters. The Morgan fingerprint density at radius 1 is 1.10 bits per heavy atom. The summed E-state index contributed by atoms with van der Waals surface area (Å²) >= 11 is 5.97. The second-order valence-corrected chi connectivity index (χ2v) is 6.63. The van der Waals surface area contributed by atoms with E-state index in [1.54, 1.807) is 48.5 Å². The van der Waals surface area contributed by atoms with Gasteiger partial charge in [0.1, 0.15) is 18.1 Å². The molecule has 0 aliphatic rings. The van der Waals surface area contributed by atoms with E-state index in [0.717, 1.165) is 11.3 Å². The van der Waals surface area contributed by atoms with Crippen molar-refractivity contribution in [1.82, 2.24) is 5.16 Å². The van der Waals surface area contributed by atoms with Gasteiger partial charge in [0.25, 0.3) is 5.91 Å². The third-order valence-electron chi connectivity index (χ3n) is 4.14. The van der Waals surface area contributed by atoms with Crippen molar-refractivity contribution in [3.8, 4) is 5.75 Å². The normalized spacial score (nSPS) is 10.4. The first-order valence-corrected chi connectivity index (χ1v) is 9.18. The van der Waals surface area contributed by atoms with E-state index in [4.69, 9.17) is 25.6 Å². The molecule has 0 saturated carbocycles. The number of hydrogen-bond donors (Lipinski definition) is 1. The Morgan fingerprint density at radius 2 is 1.83 bits per heavy atom. The van der Waals surface area contributed by atoms with E-state index in [1.165, 1.54) is 0 Å². The van der Waals surface area contributed by atoms with Crippen molar-refractivity contribution >= 4 is 29.2 Å². The summed E-state index contributed by atoms with van der Waals surface area (Å²) in [6, 6.07) is 13.2. The van der Waals surface area contributed by atoms with E-state index < -0.39 is 18.5 Å². The van der Waals surface area contributed by atoms with Crippen LogP contribution >= 0.6 is 11.6 Å². The lowest BCUT2D eigenvalue weighted by atomic mass is 10.2. The molecule has 0 fully saturated rings. The molecule has 1 N–H and O–H groups in total. The fraction of sp³-hybridized carbons (Fsp3) is 0.190. The van der Waals surface area contributed by atoms with Gasteiger partial charge in [0.2, 0.25) is 0 Å². The molecule has 1 aromatic heterocycles. The van der Waals surface area contributed by atoms with Crippen LogP contribution < -0.4 is 10.1 Å². The van der Waals surface area contributed by atoms with Gasteiger partial charge in [0, 0.05) is 0 Å². The van der Waals surface area contributed by atoms with Crippen molar-refractivity contribution in [2.45, 2.75) is 20.5 Å². The van der Waals surface area contributed by atoms with Gasteiger partial charge in [0.15, 0.2) is 6.61 Å². The standard InChI is InChI=1S/C21H19ClN2O5/c1-13-17(14(2)29-24-13)11-27-16-9-7-15(8-10-16)21(26)28-12-20(25)23-19-6-4-3-5-18(19)22/h3-10H,11-12H2,1-2H3,(H,23,25). The predicted molar refractivity (Wildman–Crippen MR) is 107 cm³/mol. The maximum Gasteiger partial charge on any atom is 0.338 e. The molecule has 3 aromatic rings. The second-order valence-electron chi connectivity index (χ2n) is 6.22. The van der Waals surface area contributed by atoms with Crippen LogP contribution in [0.25, 0.3) is 0 Å². The highest BCUT2D eigenvalue weighted by atomic mass is 35.5. The first kappa shape index (κ1) is 20.4. The van der Waals surface area contributed by atoms with Gasteiger partial charge in [-0.2, -0.15) is 0 Å². The number of amides is 1. The maximum atomic E-state index is 12.1. The SMILES string of the molecule is Cc1noc(C)c1COc1ccc(C(=O)OCC(=O)Nc2ccccc2Cl)cc1. The number of nitrogens with zero attached hydrogens (tertiary/aromatic N) is 1. The molecule has 0 aliphatic carbocycles. The highest BCUT2D eigenvalue weighted by Gasteiger charge is 2.13. The predicted octanol–water partition coefficient (Wildman–Crippen LogP) is 4.32. The molecule has 3 rings (SSSR count). The minimum atomic E-state index is -0.614. The van der Waals surface area contributed by atoms with Crippen molar-refractivity contribution in [2.75, 3.05) is 11.9 Å². The number of nitrogens with one attached hydrogen (secondary N) is 1. The van der Waals surface area contributed by atoms with Crippen molar-refractivity contribution in [1.29, 1.82) is 0 Å². The zero-order valence-electron chi connectivity index (χ0n) is 15.9. The molecule has 0 unspecified atom stereocenters. The Balaban J connectivity index is 1.50. The van der Waals surface area contributed by atoms with Crippen LogP contribution in [0.3, 0.4) is 0 Å². The van der Waals surface area contributed by atoms with Crippen molar-refractivity contribution in [2.24, 2.45) is 0 Å². The minimum Gasteiger partial charge on any atom is -0.489 e. The molecule has 0 spiro atoms. The van der Waals surface area contributed by atoms with Gasteiger partial charge in [-0.1, -0.05) is 28.9 Å². The zero-order valence-corrected chi connectivity index (χ0v) is 16.7. The molecule has 0 bridgehead atoms. The average molecular weight is 415 g/mol. The smallest absolute Gasteiger partial charge is 0.338 e. The Labute approximate surface area is 172 Å². The number of aromatic nitrogens is 1. The third kappa shape index (κ3) is 5.36. The number of carbonyl (C=O) groups excluding carboxylic acids is 2. The monoisotopic (exact) mass is 414 g/mol. The number of aryl methyl sites for hydroxylation is 2. The summed E-state index contributed by atoms with van der Waals surface area (Å²) in [6.07, 6.45) is 0. The highest BCUT2D eigenvalue weighted by molar-refractivity contribution is 6.33. The number of anilines is 1. The Bertz CT molecular complexity index is 995. The lowest BCUT2D eigenvalue weighted by molar-refractivity contribution is -0.119. The molecule has 1 amide bonds. The average Bonchev–Trinajstić information content (AvgIpc) is 3.04. The van der Waals surface area contributed by atoms with Crippen LogP contribution in [0, 0.1) is 13.8 Å². The number of benzene rings is 2. The molecule has 7 nitrogen and oxygen atoms in total. The highest BCUT2D eigenvalue weighted by Crippen LogP contribution is 2.20. The van der Waals surface area contributed by atoms with Gasteiger partial charge < -0.3 is 19.3 Å². The molecule has 1 heterocycles. The van der Waals surface area contributed by atoms with E-state index in [1.807, 2.05) is 13.8 Å². The van der Waals surface area contributed by atoms with E-state index in [-0.39, 0.29) is 0 Å². The van der Waals surface area contributed by atoms with E-state index in [0.29, 0.717) is 34.4 Å². The van der Waals surface area contributed by atoms with Gasteiger partial charge >= 0.3 is 5.97 Å². The van der Waals surface area contributed by atoms with Gasteiger partial charge in [-0.15, -0.1) is 0 Å². The van der Waals surface area contributed by atoms with Crippen LogP contribution in [0.4, 0.5) is 5.69 Å². The first-order valence-electron chi connectivity index (χ1n) is 8.80. The van der Waals surface area contributed by atoms with Crippen molar-refractivity contribution in [3.05, 3.63) is 76.1 Å². The molecule has 8 heteroatoms. The van der Waals surface area contributed by atoms with Crippen LogP contribution in [0.2, 0.25) is 5.02 Å². The summed E-state index contributed by atoms with van der Waals surface area (Å²) in [5, 5.41) is 6.86. The summed E-state index contributed by atoms with van der Waals surface area (Å²) in [4.78, 5) is 24.1. The van der Waals surface area contributed by atoms with Gasteiger partial charge in [-0.3, -0.25) is 4.79 Å². The fourth-order valence-electron chi connectivity index (χ4n) is 2.51. The van der Waals surface area contributed by atoms with Gasteiger partial charge in [-0.05, 0) is 50.2 Å². The molecule has 0 aliphatic heterocycles. The zero-order chi connectivity index (χ0) is 20.8. The second kappa shape index (κ2) is 9.25. The third-order valence-corrected chi connectivity index (χ3v) is 4.47. The molecular weight excluding hydrogens is 396 g/mol. The van der Waals surface area contributed by atoms with E-state index in [9.17, 15) is 9.59 Å². The fourth-order valence-corrected chi connectivity index (χ4v) is 2.70. The molecule has 0 saturated heterocycles. The van der Waals surface area contributed by atoms with Gasteiger partial charge in [0.05, 0.1) is 27.5 Å². The van der Waals surface area contributed by atoms with E-state index >= 15 is 0 Å². The largest absolute Gasteiger partial charge is 0.489 e. The van der Waals surface area contributed by atoms with Gasteiger partial charge in [-0.25, -0.2) is 4.79 Å². The lowest BCUT2D eigenvalue weighted by Gasteiger charge is -2.09.